The molecule has 1 atom stereocenters. The van der Waals surface area contributed by atoms with Crippen molar-refractivity contribution in [2.24, 2.45) is 0 Å². The Kier molecular flexibility index (Phi) is 5.07. The molecule has 1 amide bonds. The molecule has 0 radical (unpaired) electrons. The summed E-state index contributed by atoms with van der Waals surface area (Å²) in [7, 11) is 0. The van der Waals surface area contributed by atoms with Crippen molar-refractivity contribution in [3.8, 4) is 0 Å². The van der Waals surface area contributed by atoms with Gasteiger partial charge < -0.3 is 4.90 Å². The zero-order chi connectivity index (χ0) is 16.2. The Morgan fingerprint density at radius 1 is 1.35 bits per heavy atom. The summed E-state index contributed by atoms with van der Waals surface area (Å²) in [6.07, 6.45) is 4.36. The van der Waals surface area contributed by atoms with E-state index in [1.807, 2.05) is 31.0 Å². The van der Waals surface area contributed by atoms with Crippen molar-refractivity contribution in [1.29, 1.82) is 0 Å². The molecule has 2 aromatic rings. The Labute approximate surface area is 140 Å². The van der Waals surface area contributed by atoms with Gasteiger partial charge in [0, 0.05) is 50.5 Å². The van der Waals surface area contributed by atoms with Gasteiger partial charge in [0.15, 0.2) is 0 Å². The predicted octanol–water partition coefficient (Wildman–Crippen LogP) is 1.94. The van der Waals surface area contributed by atoms with Crippen LogP contribution in [0.25, 0.3) is 0 Å². The highest BCUT2D eigenvalue weighted by Gasteiger charge is 2.27. The molecule has 3 rings (SSSR count). The molecule has 0 aliphatic carbocycles. The summed E-state index contributed by atoms with van der Waals surface area (Å²) in [5, 5.41) is 7.46. The molecule has 1 saturated heterocycles. The van der Waals surface area contributed by atoms with Crippen molar-refractivity contribution in [2.45, 2.75) is 32.9 Å². The van der Waals surface area contributed by atoms with Crippen LogP contribution in [0.4, 0.5) is 0 Å². The van der Waals surface area contributed by atoms with Crippen molar-refractivity contribution in [3.63, 3.8) is 0 Å². The van der Waals surface area contributed by atoms with Crippen molar-refractivity contribution in [3.05, 3.63) is 34.5 Å². The first-order valence-corrected chi connectivity index (χ1v) is 8.96. The molecule has 0 aromatic carbocycles. The number of piperazine rings is 1. The minimum atomic E-state index is -0.183. The molecule has 0 bridgehead atoms. The van der Waals surface area contributed by atoms with E-state index in [4.69, 9.17) is 0 Å². The third kappa shape index (κ3) is 3.79. The number of carbonyl (C=O) groups is 1. The zero-order valence-electron chi connectivity index (χ0n) is 13.7. The number of aryl methyl sites for hydroxylation is 1. The molecule has 6 nitrogen and oxygen atoms in total. The van der Waals surface area contributed by atoms with Crippen LogP contribution >= 0.6 is 11.3 Å². The van der Waals surface area contributed by atoms with Crippen LogP contribution in [0.3, 0.4) is 0 Å². The second-order valence-corrected chi connectivity index (χ2v) is 6.93. The minimum absolute atomic E-state index is 0.181. The highest BCUT2D eigenvalue weighted by Crippen LogP contribution is 2.17. The SMILES string of the molecule is CCC(C(=O)N1CCN(Cc2csc(C)n2)CC1)n1cccn1. The van der Waals surface area contributed by atoms with Gasteiger partial charge in [-0.15, -0.1) is 11.3 Å². The number of hydrogen-bond acceptors (Lipinski definition) is 5. The number of hydrogen-bond donors (Lipinski definition) is 0. The van der Waals surface area contributed by atoms with Crippen LogP contribution < -0.4 is 0 Å². The van der Waals surface area contributed by atoms with Crippen LogP contribution in [0.15, 0.2) is 23.8 Å². The Hall–Kier alpha value is -1.73. The summed E-state index contributed by atoms with van der Waals surface area (Å²) in [5.74, 6) is 0.181. The number of rotatable bonds is 5. The van der Waals surface area contributed by atoms with E-state index in [1.165, 1.54) is 0 Å². The van der Waals surface area contributed by atoms with Gasteiger partial charge in [-0.25, -0.2) is 4.98 Å². The third-order valence-electron chi connectivity index (χ3n) is 4.25. The van der Waals surface area contributed by atoms with E-state index in [0.717, 1.165) is 49.8 Å². The molecule has 3 heterocycles. The lowest BCUT2D eigenvalue weighted by molar-refractivity contribution is -0.137. The van der Waals surface area contributed by atoms with Gasteiger partial charge in [0.1, 0.15) is 6.04 Å². The van der Waals surface area contributed by atoms with Crippen molar-refractivity contribution in [2.75, 3.05) is 26.2 Å². The van der Waals surface area contributed by atoms with Gasteiger partial charge in [-0.2, -0.15) is 5.10 Å². The van der Waals surface area contributed by atoms with Gasteiger partial charge >= 0.3 is 0 Å². The Morgan fingerprint density at radius 2 is 2.13 bits per heavy atom. The largest absolute Gasteiger partial charge is 0.338 e. The maximum absolute atomic E-state index is 12.7. The molecule has 7 heteroatoms. The smallest absolute Gasteiger partial charge is 0.247 e. The maximum Gasteiger partial charge on any atom is 0.247 e. The molecule has 1 fully saturated rings. The number of aromatic nitrogens is 3. The molecular formula is C16H23N5OS. The Morgan fingerprint density at radius 3 is 2.70 bits per heavy atom. The zero-order valence-corrected chi connectivity index (χ0v) is 14.5. The van der Waals surface area contributed by atoms with E-state index in [0.29, 0.717) is 0 Å². The van der Waals surface area contributed by atoms with E-state index in [2.05, 4.69) is 20.4 Å². The molecule has 0 saturated carbocycles. The number of nitrogens with zero attached hydrogens (tertiary/aromatic N) is 5. The van der Waals surface area contributed by atoms with Gasteiger partial charge in [-0.05, 0) is 19.4 Å². The van der Waals surface area contributed by atoms with E-state index in [9.17, 15) is 4.79 Å². The molecule has 0 spiro atoms. The lowest BCUT2D eigenvalue weighted by atomic mass is 10.1. The first kappa shape index (κ1) is 16.1. The monoisotopic (exact) mass is 333 g/mol. The molecule has 1 unspecified atom stereocenters. The summed E-state index contributed by atoms with van der Waals surface area (Å²) in [6, 6.07) is 1.68. The second kappa shape index (κ2) is 7.23. The van der Waals surface area contributed by atoms with Crippen LogP contribution in [-0.4, -0.2) is 56.7 Å². The van der Waals surface area contributed by atoms with Gasteiger partial charge in [-0.1, -0.05) is 6.92 Å². The highest BCUT2D eigenvalue weighted by molar-refractivity contribution is 7.09. The fourth-order valence-electron chi connectivity index (χ4n) is 2.99. The fraction of sp³-hybridized carbons (Fsp3) is 0.562. The van der Waals surface area contributed by atoms with E-state index < -0.39 is 0 Å². The first-order chi connectivity index (χ1) is 11.2. The van der Waals surface area contributed by atoms with Crippen molar-refractivity contribution in [1.82, 2.24) is 24.6 Å². The molecular weight excluding hydrogens is 310 g/mol. The van der Waals surface area contributed by atoms with Gasteiger partial charge in [0.05, 0.1) is 10.7 Å². The Balaban J connectivity index is 1.54. The van der Waals surface area contributed by atoms with E-state index >= 15 is 0 Å². The molecule has 124 valence electrons. The minimum Gasteiger partial charge on any atom is -0.338 e. The average molecular weight is 333 g/mol. The standard InChI is InChI=1S/C16H23N5OS/c1-3-15(21-6-4-5-17-21)16(22)20-9-7-19(8-10-20)11-14-12-23-13(2)18-14/h4-6,12,15H,3,7-11H2,1-2H3. The van der Waals surface area contributed by atoms with E-state index in [-0.39, 0.29) is 11.9 Å². The predicted molar refractivity (Wildman–Crippen MR) is 90.3 cm³/mol. The summed E-state index contributed by atoms with van der Waals surface area (Å²) in [5.41, 5.74) is 1.13. The highest BCUT2D eigenvalue weighted by atomic mass is 32.1. The first-order valence-electron chi connectivity index (χ1n) is 8.08. The second-order valence-electron chi connectivity index (χ2n) is 5.87. The van der Waals surface area contributed by atoms with Crippen molar-refractivity contribution >= 4 is 17.2 Å². The number of carbonyl (C=O) groups excluding carboxylic acids is 1. The summed E-state index contributed by atoms with van der Waals surface area (Å²) >= 11 is 1.69. The summed E-state index contributed by atoms with van der Waals surface area (Å²) in [6.45, 7) is 8.30. The molecule has 1 aliphatic rings. The third-order valence-corrected chi connectivity index (χ3v) is 5.07. The fourth-order valence-corrected chi connectivity index (χ4v) is 3.59. The average Bonchev–Trinajstić information content (AvgIpc) is 3.21. The Bertz CT molecular complexity index is 631. The van der Waals surface area contributed by atoms with Crippen LogP contribution in [0.5, 0.6) is 0 Å². The maximum atomic E-state index is 12.7. The van der Waals surface area contributed by atoms with Gasteiger partial charge in [0.25, 0.3) is 0 Å². The van der Waals surface area contributed by atoms with Crippen LogP contribution in [0.2, 0.25) is 0 Å². The topological polar surface area (TPSA) is 54.3 Å². The molecule has 2 aromatic heterocycles. The number of thiazole rings is 1. The lowest BCUT2D eigenvalue weighted by Gasteiger charge is -2.36. The van der Waals surface area contributed by atoms with E-state index in [1.54, 1.807) is 22.2 Å². The summed E-state index contributed by atoms with van der Waals surface area (Å²) < 4.78 is 1.77. The van der Waals surface area contributed by atoms with Crippen LogP contribution in [0.1, 0.15) is 30.1 Å². The molecule has 1 aliphatic heterocycles. The quantitative estimate of drug-likeness (QED) is 0.839. The van der Waals surface area contributed by atoms with Crippen LogP contribution in [-0.2, 0) is 11.3 Å². The van der Waals surface area contributed by atoms with Crippen molar-refractivity contribution < 1.29 is 4.79 Å². The lowest BCUT2D eigenvalue weighted by Crippen LogP contribution is -2.50. The van der Waals surface area contributed by atoms with Gasteiger partial charge in [0.2, 0.25) is 5.91 Å². The van der Waals surface area contributed by atoms with Gasteiger partial charge in [-0.3, -0.25) is 14.4 Å². The summed E-state index contributed by atoms with van der Waals surface area (Å²) in [4.78, 5) is 21.6. The number of amides is 1. The normalized spacial score (nSPS) is 17.4. The molecule has 0 N–H and O–H groups in total. The van der Waals surface area contributed by atoms with Crippen LogP contribution in [0, 0.1) is 6.92 Å². The molecule has 23 heavy (non-hydrogen) atoms.